The summed E-state index contributed by atoms with van der Waals surface area (Å²) in [5.74, 6) is 0. The number of nitrogens with one attached hydrogen (secondary N) is 1. The Morgan fingerprint density at radius 3 is 2.35 bits per heavy atom. The van der Waals surface area contributed by atoms with Crippen molar-refractivity contribution in [2.75, 3.05) is 6.54 Å². The highest BCUT2D eigenvalue weighted by Gasteiger charge is 2.20. The predicted molar refractivity (Wildman–Crippen MR) is 85.8 cm³/mol. The first-order valence-corrected chi connectivity index (χ1v) is 7.28. The van der Waals surface area contributed by atoms with Crippen LogP contribution in [0.25, 0.3) is 10.8 Å². The second-order valence-corrected chi connectivity index (χ2v) is 6.62. The molecule has 0 aliphatic rings. The lowest BCUT2D eigenvalue weighted by Gasteiger charge is -2.29. The van der Waals surface area contributed by atoms with Crippen LogP contribution in [-0.4, -0.2) is 17.7 Å². The second kappa shape index (κ2) is 5.94. The fraction of sp³-hybridized carbons (Fsp3) is 0.444. The van der Waals surface area contributed by atoms with Gasteiger partial charge < -0.3 is 10.4 Å². The van der Waals surface area contributed by atoms with Gasteiger partial charge in [-0.05, 0) is 34.7 Å². The van der Waals surface area contributed by atoms with E-state index in [1.54, 1.807) is 0 Å². The quantitative estimate of drug-likeness (QED) is 0.884. The molecule has 2 atom stereocenters. The van der Waals surface area contributed by atoms with Gasteiger partial charge in [-0.15, -0.1) is 0 Å². The van der Waals surface area contributed by atoms with Crippen LogP contribution in [0, 0.1) is 5.41 Å². The predicted octanol–water partition coefficient (Wildman–Crippen LogP) is 3.90. The van der Waals surface area contributed by atoms with Crippen molar-refractivity contribution in [3.8, 4) is 0 Å². The molecule has 0 radical (unpaired) electrons. The number of hydrogen-bond acceptors (Lipinski definition) is 2. The number of benzene rings is 2. The first kappa shape index (κ1) is 15.0. The average molecular weight is 271 g/mol. The third-order valence-corrected chi connectivity index (χ3v) is 4.07. The van der Waals surface area contributed by atoms with Crippen molar-refractivity contribution in [3.05, 3.63) is 48.0 Å². The zero-order chi connectivity index (χ0) is 14.8. The van der Waals surface area contributed by atoms with Crippen LogP contribution in [0.5, 0.6) is 0 Å². The standard InChI is InChI=1S/C18H25NO/c1-13(18(2,3)4)19-12-17(20)16-10-9-14-7-5-6-8-15(14)11-16/h5-11,13,17,19-20H,12H2,1-4H3/t13-,17+/m0/s1. The van der Waals surface area contributed by atoms with Crippen LogP contribution < -0.4 is 5.32 Å². The van der Waals surface area contributed by atoms with Crippen molar-refractivity contribution in [2.24, 2.45) is 5.41 Å². The molecule has 2 nitrogen and oxygen atoms in total. The highest BCUT2D eigenvalue weighted by molar-refractivity contribution is 5.83. The summed E-state index contributed by atoms with van der Waals surface area (Å²) < 4.78 is 0. The number of fused-ring (bicyclic) bond motifs is 1. The van der Waals surface area contributed by atoms with Gasteiger partial charge in [-0.1, -0.05) is 57.2 Å². The van der Waals surface area contributed by atoms with Gasteiger partial charge in [0, 0.05) is 12.6 Å². The summed E-state index contributed by atoms with van der Waals surface area (Å²) in [6.07, 6.45) is -0.468. The van der Waals surface area contributed by atoms with E-state index in [1.807, 2.05) is 18.2 Å². The van der Waals surface area contributed by atoms with Gasteiger partial charge in [-0.3, -0.25) is 0 Å². The minimum atomic E-state index is -0.468. The molecule has 0 aliphatic carbocycles. The average Bonchev–Trinajstić information content (AvgIpc) is 2.42. The molecule has 0 bridgehead atoms. The van der Waals surface area contributed by atoms with Gasteiger partial charge in [0.25, 0.3) is 0 Å². The van der Waals surface area contributed by atoms with Crippen LogP contribution in [0.15, 0.2) is 42.5 Å². The lowest BCUT2D eigenvalue weighted by atomic mass is 9.88. The van der Waals surface area contributed by atoms with E-state index in [4.69, 9.17) is 0 Å². The van der Waals surface area contributed by atoms with Crippen LogP contribution in [0.4, 0.5) is 0 Å². The van der Waals surface area contributed by atoms with Gasteiger partial charge >= 0.3 is 0 Å². The Hall–Kier alpha value is -1.38. The molecule has 0 aliphatic heterocycles. The van der Waals surface area contributed by atoms with E-state index in [0.29, 0.717) is 12.6 Å². The van der Waals surface area contributed by atoms with E-state index in [0.717, 1.165) is 5.56 Å². The Kier molecular flexibility index (Phi) is 4.46. The van der Waals surface area contributed by atoms with Crippen molar-refractivity contribution in [2.45, 2.75) is 39.8 Å². The minimum Gasteiger partial charge on any atom is -0.387 e. The van der Waals surface area contributed by atoms with Gasteiger partial charge in [-0.25, -0.2) is 0 Å². The van der Waals surface area contributed by atoms with E-state index in [9.17, 15) is 5.11 Å². The zero-order valence-corrected chi connectivity index (χ0v) is 12.9. The molecule has 0 fully saturated rings. The van der Waals surface area contributed by atoms with Crippen LogP contribution >= 0.6 is 0 Å². The van der Waals surface area contributed by atoms with Crippen molar-refractivity contribution < 1.29 is 5.11 Å². The van der Waals surface area contributed by atoms with E-state index in [-0.39, 0.29) is 5.41 Å². The summed E-state index contributed by atoms with van der Waals surface area (Å²) in [7, 11) is 0. The minimum absolute atomic E-state index is 0.198. The third kappa shape index (κ3) is 3.59. The maximum atomic E-state index is 10.3. The molecule has 0 aromatic heterocycles. The molecule has 0 spiro atoms. The number of rotatable bonds is 4. The van der Waals surface area contributed by atoms with Gasteiger partial charge in [0.2, 0.25) is 0 Å². The summed E-state index contributed by atoms with van der Waals surface area (Å²) in [5, 5.41) is 16.1. The molecular formula is C18H25NO. The van der Waals surface area contributed by atoms with Gasteiger partial charge in [0.1, 0.15) is 0 Å². The molecule has 2 N–H and O–H groups in total. The fourth-order valence-corrected chi connectivity index (χ4v) is 2.13. The van der Waals surface area contributed by atoms with Gasteiger partial charge in [-0.2, -0.15) is 0 Å². The molecule has 0 saturated carbocycles. The normalized spacial score (nSPS) is 15.2. The van der Waals surface area contributed by atoms with Crippen LogP contribution in [0.3, 0.4) is 0 Å². The number of aliphatic hydroxyl groups is 1. The van der Waals surface area contributed by atoms with Crippen molar-refractivity contribution in [1.29, 1.82) is 0 Å². The van der Waals surface area contributed by atoms with Gasteiger partial charge in [0.05, 0.1) is 6.10 Å². The van der Waals surface area contributed by atoms with E-state index >= 15 is 0 Å². The summed E-state index contributed by atoms with van der Waals surface area (Å²) in [4.78, 5) is 0. The summed E-state index contributed by atoms with van der Waals surface area (Å²) in [6, 6.07) is 14.7. The summed E-state index contributed by atoms with van der Waals surface area (Å²) in [5.41, 5.74) is 1.17. The molecule has 0 heterocycles. The second-order valence-electron chi connectivity index (χ2n) is 6.62. The maximum absolute atomic E-state index is 10.3. The first-order valence-electron chi connectivity index (χ1n) is 7.28. The van der Waals surface area contributed by atoms with Crippen LogP contribution in [0.2, 0.25) is 0 Å². The largest absolute Gasteiger partial charge is 0.387 e. The molecular weight excluding hydrogens is 246 g/mol. The lowest BCUT2D eigenvalue weighted by molar-refractivity contribution is 0.158. The first-order chi connectivity index (χ1) is 9.38. The Bertz CT molecular complexity index is 571. The molecule has 0 unspecified atom stereocenters. The fourth-order valence-electron chi connectivity index (χ4n) is 2.13. The van der Waals surface area contributed by atoms with Crippen molar-refractivity contribution in [1.82, 2.24) is 5.32 Å². The maximum Gasteiger partial charge on any atom is 0.0914 e. The summed E-state index contributed by atoms with van der Waals surface area (Å²) in [6.45, 7) is 9.34. The number of aliphatic hydroxyl groups excluding tert-OH is 1. The lowest BCUT2D eigenvalue weighted by Crippen LogP contribution is -2.39. The van der Waals surface area contributed by atoms with Crippen LogP contribution in [-0.2, 0) is 0 Å². The van der Waals surface area contributed by atoms with E-state index in [1.165, 1.54) is 10.8 Å². The molecule has 20 heavy (non-hydrogen) atoms. The Morgan fingerprint density at radius 2 is 1.70 bits per heavy atom. The Morgan fingerprint density at radius 1 is 1.05 bits per heavy atom. The molecule has 2 aromatic rings. The van der Waals surface area contributed by atoms with Gasteiger partial charge in [0.15, 0.2) is 0 Å². The summed E-state index contributed by atoms with van der Waals surface area (Å²) >= 11 is 0. The molecule has 2 rings (SSSR count). The van der Waals surface area contributed by atoms with Crippen LogP contribution in [0.1, 0.15) is 39.4 Å². The molecule has 0 saturated heterocycles. The molecule has 0 amide bonds. The molecule has 108 valence electrons. The Labute approximate surface area is 121 Å². The SMILES string of the molecule is C[C@H](NC[C@@H](O)c1ccc2ccccc2c1)C(C)(C)C. The van der Waals surface area contributed by atoms with E-state index < -0.39 is 6.10 Å². The van der Waals surface area contributed by atoms with Crippen molar-refractivity contribution >= 4 is 10.8 Å². The van der Waals surface area contributed by atoms with E-state index in [2.05, 4.69) is 57.3 Å². The highest BCUT2D eigenvalue weighted by atomic mass is 16.3. The monoisotopic (exact) mass is 271 g/mol. The molecule has 2 heteroatoms. The Balaban J connectivity index is 2.06. The number of hydrogen-bond donors (Lipinski definition) is 2. The smallest absolute Gasteiger partial charge is 0.0914 e. The highest BCUT2D eigenvalue weighted by Crippen LogP contribution is 2.22. The topological polar surface area (TPSA) is 32.3 Å². The zero-order valence-electron chi connectivity index (χ0n) is 12.9. The third-order valence-electron chi connectivity index (χ3n) is 4.07. The van der Waals surface area contributed by atoms with Crippen molar-refractivity contribution in [3.63, 3.8) is 0 Å². The molecule has 2 aromatic carbocycles.